The molecule has 0 aliphatic rings. The van der Waals surface area contributed by atoms with Crippen molar-refractivity contribution in [3.8, 4) is 0 Å². The number of amides is 2. The Hall–Kier alpha value is -3.96. The van der Waals surface area contributed by atoms with Gasteiger partial charge in [-0.25, -0.2) is 17.6 Å². The number of alkyl carbamates (subject to hydrolysis) is 1. The molecule has 0 saturated carbocycles. The maximum Gasteiger partial charge on any atom is 0.407 e. The van der Waals surface area contributed by atoms with E-state index in [1.807, 2.05) is 81.4 Å². The molecule has 0 saturated heterocycles. The summed E-state index contributed by atoms with van der Waals surface area (Å²) < 4.78 is 47.3. The second-order valence-electron chi connectivity index (χ2n) is 11.2. The van der Waals surface area contributed by atoms with E-state index in [0.29, 0.717) is 25.8 Å². The third-order valence-electron chi connectivity index (χ3n) is 7.36. The van der Waals surface area contributed by atoms with Crippen LogP contribution in [-0.2, 0) is 19.6 Å². The van der Waals surface area contributed by atoms with Crippen molar-refractivity contribution < 1.29 is 27.1 Å². The van der Waals surface area contributed by atoms with Crippen LogP contribution in [0.4, 0.5) is 14.9 Å². The highest BCUT2D eigenvalue weighted by molar-refractivity contribution is 7.89. The highest BCUT2D eigenvalue weighted by Gasteiger charge is 2.33. The molecule has 0 heterocycles. The number of carbonyl (C=O) groups is 2. The lowest BCUT2D eigenvalue weighted by molar-refractivity contribution is -0.123. The molecule has 0 radical (unpaired) electrons. The molecule has 238 valence electrons. The number of ether oxygens (including phenoxy) is 1. The van der Waals surface area contributed by atoms with E-state index in [-0.39, 0.29) is 35.0 Å². The maximum atomic E-state index is 14.1. The molecule has 0 bridgehead atoms. The molecule has 4 N–H and O–H groups in total. The van der Waals surface area contributed by atoms with Crippen LogP contribution < -0.4 is 16.4 Å². The molecule has 44 heavy (non-hydrogen) atoms. The van der Waals surface area contributed by atoms with Crippen LogP contribution in [0.2, 0.25) is 0 Å². The molecule has 3 rings (SSSR count). The van der Waals surface area contributed by atoms with Crippen LogP contribution in [0, 0.1) is 11.7 Å². The SMILES string of the molecule is COC(=O)N[C@H](C(=O)NCCCC[C@@H](C)N(CC(C)C)S(=O)(=O)c1ccc(N)c(F)c1)C(c1ccccc1)c1ccccc1. The van der Waals surface area contributed by atoms with Gasteiger partial charge < -0.3 is 21.1 Å². The topological polar surface area (TPSA) is 131 Å². The van der Waals surface area contributed by atoms with E-state index < -0.39 is 33.9 Å². The zero-order valence-electron chi connectivity index (χ0n) is 25.7. The van der Waals surface area contributed by atoms with Crippen LogP contribution in [0.5, 0.6) is 0 Å². The summed E-state index contributed by atoms with van der Waals surface area (Å²) in [4.78, 5) is 25.7. The fourth-order valence-corrected chi connectivity index (χ4v) is 6.93. The molecule has 0 aliphatic heterocycles. The molecule has 0 unspecified atom stereocenters. The number of nitrogen functional groups attached to an aromatic ring is 1. The van der Waals surface area contributed by atoms with Gasteiger partial charge in [0.2, 0.25) is 15.9 Å². The summed E-state index contributed by atoms with van der Waals surface area (Å²) in [5.41, 5.74) is 7.15. The first kappa shape index (κ1) is 34.5. The molecular weight excluding hydrogens is 583 g/mol. The average Bonchev–Trinajstić information content (AvgIpc) is 3.01. The second-order valence-corrected chi connectivity index (χ2v) is 13.1. The van der Waals surface area contributed by atoms with Crippen LogP contribution in [0.15, 0.2) is 83.8 Å². The van der Waals surface area contributed by atoms with E-state index >= 15 is 0 Å². The van der Waals surface area contributed by atoms with Crippen molar-refractivity contribution >= 4 is 27.7 Å². The summed E-state index contributed by atoms with van der Waals surface area (Å²) in [5.74, 6) is -1.56. The molecule has 9 nitrogen and oxygen atoms in total. The number of nitrogens with one attached hydrogen (secondary N) is 2. The van der Waals surface area contributed by atoms with Crippen molar-refractivity contribution in [3.05, 3.63) is 95.8 Å². The minimum atomic E-state index is -3.96. The van der Waals surface area contributed by atoms with Gasteiger partial charge in [0.05, 0.1) is 17.7 Å². The van der Waals surface area contributed by atoms with E-state index in [9.17, 15) is 22.4 Å². The standard InChI is InChI=1S/C33H43FN4O5S/c1-23(2)22-38(44(41,42)27-18-19-29(35)28(34)21-27)24(3)13-11-12-20-36-32(39)31(37-33(40)43-4)30(25-14-7-5-8-15-25)26-16-9-6-10-17-26/h5-10,14-19,21,23-24,30-31H,11-13,20,22,35H2,1-4H3,(H,36,39)(H,37,40)/t24-,31+/m1/s1. The first-order valence-electron chi connectivity index (χ1n) is 14.7. The van der Waals surface area contributed by atoms with Crippen molar-refractivity contribution in [2.24, 2.45) is 5.92 Å². The van der Waals surface area contributed by atoms with Crippen LogP contribution in [0.25, 0.3) is 0 Å². The predicted octanol–water partition coefficient (Wildman–Crippen LogP) is 5.29. The number of unbranched alkanes of at least 4 members (excludes halogenated alkanes) is 1. The number of rotatable bonds is 15. The third kappa shape index (κ3) is 9.27. The van der Waals surface area contributed by atoms with Gasteiger partial charge in [0.15, 0.2) is 0 Å². The number of nitrogens with zero attached hydrogens (tertiary/aromatic N) is 1. The Bertz CT molecular complexity index is 1430. The quantitative estimate of drug-likeness (QED) is 0.155. The smallest absolute Gasteiger partial charge is 0.407 e. The van der Waals surface area contributed by atoms with Gasteiger partial charge >= 0.3 is 6.09 Å². The highest BCUT2D eigenvalue weighted by Crippen LogP contribution is 2.29. The van der Waals surface area contributed by atoms with Crippen molar-refractivity contribution in [2.75, 3.05) is 25.9 Å². The highest BCUT2D eigenvalue weighted by atomic mass is 32.2. The third-order valence-corrected chi connectivity index (χ3v) is 9.33. The molecular formula is C33H43FN4O5S. The fourth-order valence-electron chi connectivity index (χ4n) is 5.09. The van der Waals surface area contributed by atoms with Crippen LogP contribution in [0.3, 0.4) is 0 Å². The van der Waals surface area contributed by atoms with E-state index in [0.717, 1.165) is 17.2 Å². The summed E-state index contributed by atoms with van der Waals surface area (Å²) in [6, 6.07) is 21.2. The summed E-state index contributed by atoms with van der Waals surface area (Å²) in [6.07, 6.45) is 1.01. The number of sulfonamides is 1. The zero-order chi connectivity index (χ0) is 32.3. The first-order chi connectivity index (χ1) is 20.9. The Kier molecular flexibility index (Phi) is 12.7. The average molecular weight is 627 g/mol. The van der Waals surface area contributed by atoms with Crippen molar-refractivity contribution in [2.45, 2.75) is 62.9 Å². The summed E-state index contributed by atoms with van der Waals surface area (Å²) in [7, 11) is -2.71. The monoisotopic (exact) mass is 626 g/mol. The van der Waals surface area contributed by atoms with E-state index in [2.05, 4.69) is 10.6 Å². The lowest BCUT2D eigenvalue weighted by Gasteiger charge is -2.30. The number of nitrogens with two attached hydrogens (primary N) is 1. The number of halogens is 1. The Morgan fingerprint density at radius 2 is 1.52 bits per heavy atom. The van der Waals surface area contributed by atoms with Gasteiger partial charge in [-0.15, -0.1) is 0 Å². The number of anilines is 1. The van der Waals surface area contributed by atoms with Crippen molar-refractivity contribution in [1.29, 1.82) is 0 Å². The Morgan fingerprint density at radius 3 is 2.05 bits per heavy atom. The molecule has 2 amide bonds. The van der Waals surface area contributed by atoms with Gasteiger partial charge in [-0.05, 0) is 55.0 Å². The number of hydrogen-bond donors (Lipinski definition) is 3. The van der Waals surface area contributed by atoms with Gasteiger partial charge in [0, 0.05) is 25.0 Å². The minimum absolute atomic E-state index is 0.0477. The van der Waals surface area contributed by atoms with E-state index in [1.54, 1.807) is 0 Å². The maximum absolute atomic E-state index is 14.1. The van der Waals surface area contributed by atoms with Crippen LogP contribution >= 0.6 is 0 Å². The molecule has 3 aromatic rings. The molecule has 0 aliphatic carbocycles. The normalized spacial score (nSPS) is 13.1. The van der Waals surface area contributed by atoms with Gasteiger partial charge in [-0.2, -0.15) is 4.31 Å². The number of carbonyl (C=O) groups excluding carboxylic acids is 2. The largest absolute Gasteiger partial charge is 0.453 e. The van der Waals surface area contributed by atoms with Gasteiger partial charge in [-0.1, -0.05) is 80.9 Å². The number of benzene rings is 3. The van der Waals surface area contributed by atoms with Crippen LogP contribution in [-0.4, -0.2) is 57.0 Å². The lowest BCUT2D eigenvalue weighted by Crippen LogP contribution is -2.50. The van der Waals surface area contributed by atoms with Gasteiger partial charge in [0.25, 0.3) is 0 Å². The summed E-state index contributed by atoms with van der Waals surface area (Å²) in [6.45, 7) is 6.26. The minimum Gasteiger partial charge on any atom is -0.453 e. The zero-order valence-corrected chi connectivity index (χ0v) is 26.5. The lowest BCUT2D eigenvalue weighted by atomic mass is 9.84. The molecule has 0 fully saturated rings. The van der Waals surface area contributed by atoms with E-state index in [1.165, 1.54) is 23.5 Å². The predicted molar refractivity (Wildman–Crippen MR) is 170 cm³/mol. The molecule has 3 aromatic carbocycles. The Labute approximate surface area is 260 Å². The summed E-state index contributed by atoms with van der Waals surface area (Å²) >= 11 is 0. The van der Waals surface area contributed by atoms with E-state index in [4.69, 9.17) is 10.5 Å². The summed E-state index contributed by atoms with van der Waals surface area (Å²) in [5, 5.41) is 5.65. The van der Waals surface area contributed by atoms with Crippen molar-refractivity contribution in [1.82, 2.24) is 14.9 Å². The molecule has 0 aromatic heterocycles. The van der Waals surface area contributed by atoms with Crippen molar-refractivity contribution in [3.63, 3.8) is 0 Å². The second kappa shape index (κ2) is 16.2. The Morgan fingerprint density at radius 1 is 0.932 bits per heavy atom. The first-order valence-corrected chi connectivity index (χ1v) is 16.2. The molecule has 11 heteroatoms. The van der Waals surface area contributed by atoms with Gasteiger partial charge in [-0.3, -0.25) is 4.79 Å². The number of methoxy groups -OCH3 is 1. The van der Waals surface area contributed by atoms with Crippen LogP contribution in [0.1, 0.15) is 57.1 Å². The molecule has 0 spiro atoms. The van der Waals surface area contributed by atoms with Gasteiger partial charge in [0.1, 0.15) is 11.9 Å². The fraction of sp³-hybridized carbons (Fsp3) is 0.394. The number of hydrogen-bond acceptors (Lipinski definition) is 6. The molecule has 2 atom stereocenters. The Balaban J connectivity index is 1.68.